The molecule has 1 nitrogen and oxygen atoms in total. The van der Waals surface area contributed by atoms with Gasteiger partial charge in [0.25, 0.3) is 0 Å². The third-order valence-electron chi connectivity index (χ3n) is 1.97. The van der Waals surface area contributed by atoms with Crippen LogP contribution in [0.4, 0.5) is 8.78 Å². The second-order valence-corrected chi connectivity index (χ2v) is 4.61. The van der Waals surface area contributed by atoms with E-state index >= 15 is 0 Å². The predicted molar refractivity (Wildman–Crippen MR) is 60.2 cm³/mol. The van der Waals surface area contributed by atoms with Crippen LogP contribution in [-0.4, -0.2) is 19.3 Å². The highest BCUT2D eigenvalue weighted by Gasteiger charge is 2.06. The SMILES string of the molecule is CNCC(C)CSc1ccc(F)cc1F. The van der Waals surface area contributed by atoms with Gasteiger partial charge >= 0.3 is 0 Å². The summed E-state index contributed by atoms with van der Waals surface area (Å²) < 4.78 is 25.8. The van der Waals surface area contributed by atoms with Crippen molar-refractivity contribution in [2.75, 3.05) is 19.3 Å². The van der Waals surface area contributed by atoms with Crippen LogP contribution in [0, 0.1) is 17.6 Å². The number of nitrogens with one attached hydrogen (secondary N) is 1. The fourth-order valence-corrected chi connectivity index (χ4v) is 2.17. The number of thioether (sulfide) groups is 1. The molecule has 0 heterocycles. The number of rotatable bonds is 5. The molecule has 1 unspecified atom stereocenters. The van der Waals surface area contributed by atoms with E-state index in [1.807, 2.05) is 7.05 Å². The average Bonchev–Trinajstić information content (AvgIpc) is 2.17. The van der Waals surface area contributed by atoms with Gasteiger partial charge in [-0.15, -0.1) is 11.8 Å². The first-order chi connectivity index (χ1) is 7.13. The van der Waals surface area contributed by atoms with Crippen LogP contribution in [0.5, 0.6) is 0 Å². The minimum absolute atomic E-state index is 0.462. The summed E-state index contributed by atoms with van der Waals surface area (Å²) in [5.74, 6) is 0.282. The Balaban J connectivity index is 2.50. The molecule has 0 radical (unpaired) electrons. The number of hydrogen-bond donors (Lipinski definition) is 1. The molecule has 4 heteroatoms. The van der Waals surface area contributed by atoms with Gasteiger partial charge in [-0.05, 0) is 31.6 Å². The van der Waals surface area contributed by atoms with Crippen molar-refractivity contribution in [2.24, 2.45) is 5.92 Å². The van der Waals surface area contributed by atoms with E-state index in [4.69, 9.17) is 0 Å². The summed E-state index contributed by atoms with van der Waals surface area (Å²) in [7, 11) is 1.89. The highest BCUT2D eigenvalue weighted by atomic mass is 32.2. The van der Waals surface area contributed by atoms with E-state index in [1.54, 1.807) is 0 Å². The molecule has 1 N–H and O–H groups in total. The van der Waals surface area contributed by atoms with Crippen LogP contribution in [0.1, 0.15) is 6.92 Å². The first-order valence-corrected chi connectivity index (χ1v) is 5.84. The maximum Gasteiger partial charge on any atom is 0.139 e. The second kappa shape index (κ2) is 6.08. The average molecular weight is 231 g/mol. The lowest BCUT2D eigenvalue weighted by molar-refractivity contribution is 0.564. The molecule has 0 saturated carbocycles. The Morgan fingerprint density at radius 1 is 1.40 bits per heavy atom. The minimum atomic E-state index is -0.528. The van der Waals surface area contributed by atoms with Crippen molar-refractivity contribution in [3.63, 3.8) is 0 Å². The Bertz CT molecular complexity index is 317. The van der Waals surface area contributed by atoms with Gasteiger partial charge in [-0.25, -0.2) is 8.78 Å². The van der Waals surface area contributed by atoms with Crippen molar-refractivity contribution < 1.29 is 8.78 Å². The van der Waals surface area contributed by atoms with Gasteiger partial charge in [-0.3, -0.25) is 0 Å². The Hall–Kier alpha value is -0.610. The summed E-state index contributed by atoms with van der Waals surface area (Å²) in [6.45, 7) is 2.99. The van der Waals surface area contributed by atoms with Crippen molar-refractivity contribution in [1.82, 2.24) is 5.32 Å². The molecule has 84 valence electrons. The monoisotopic (exact) mass is 231 g/mol. The Morgan fingerprint density at radius 2 is 2.13 bits per heavy atom. The van der Waals surface area contributed by atoms with E-state index < -0.39 is 11.6 Å². The van der Waals surface area contributed by atoms with Crippen LogP contribution in [0.15, 0.2) is 23.1 Å². The van der Waals surface area contributed by atoms with Crippen molar-refractivity contribution in [2.45, 2.75) is 11.8 Å². The summed E-state index contributed by atoms with van der Waals surface area (Å²) in [5, 5.41) is 3.06. The number of hydrogen-bond acceptors (Lipinski definition) is 2. The molecule has 15 heavy (non-hydrogen) atoms. The van der Waals surface area contributed by atoms with Crippen LogP contribution in [-0.2, 0) is 0 Å². The molecule has 1 aromatic carbocycles. The Morgan fingerprint density at radius 3 is 2.73 bits per heavy atom. The lowest BCUT2D eigenvalue weighted by atomic mass is 10.2. The molecule has 0 spiro atoms. The highest BCUT2D eigenvalue weighted by molar-refractivity contribution is 7.99. The van der Waals surface area contributed by atoms with Crippen LogP contribution in [0.2, 0.25) is 0 Å². The van der Waals surface area contributed by atoms with Gasteiger partial charge in [0, 0.05) is 16.7 Å². The smallest absolute Gasteiger partial charge is 0.139 e. The number of benzene rings is 1. The van der Waals surface area contributed by atoms with Crippen molar-refractivity contribution in [1.29, 1.82) is 0 Å². The van der Waals surface area contributed by atoms with Gasteiger partial charge < -0.3 is 5.32 Å². The summed E-state index contributed by atoms with van der Waals surface area (Å²) in [4.78, 5) is 0.513. The second-order valence-electron chi connectivity index (χ2n) is 3.55. The highest BCUT2D eigenvalue weighted by Crippen LogP contribution is 2.24. The zero-order valence-electron chi connectivity index (χ0n) is 8.89. The lowest BCUT2D eigenvalue weighted by Gasteiger charge is -2.10. The zero-order chi connectivity index (χ0) is 11.3. The van der Waals surface area contributed by atoms with Gasteiger partial charge in [0.1, 0.15) is 11.6 Å². The van der Waals surface area contributed by atoms with Gasteiger partial charge in [-0.1, -0.05) is 6.92 Å². The predicted octanol–water partition coefficient (Wildman–Crippen LogP) is 2.91. The molecule has 0 bridgehead atoms. The fourth-order valence-electron chi connectivity index (χ4n) is 1.23. The van der Waals surface area contributed by atoms with Crippen LogP contribution in [0.3, 0.4) is 0 Å². The largest absolute Gasteiger partial charge is 0.319 e. The topological polar surface area (TPSA) is 12.0 Å². The fraction of sp³-hybridized carbons (Fsp3) is 0.455. The molecule has 1 rings (SSSR count). The molecular formula is C11H15F2NS. The van der Waals surface area contributed by atoms with E-state index in [0.717, 1.165) is 18.4 Å². The first kappa shape index (κ1) is 12.5. The first-order valence-electron chi connectivity index (χ1n) is 4.86. The molecule has 0 saturated heterocycles. The summed E-state index contributed by atoms with van der Waals surface area (Å²) in [5.41, 5.74) is 0. The van der Waals surface area contributed by atoms with Gasteiger partial charge in [0.15, 0.2) is 0 Å². The lowest BCUT2D eigenvalue weighted by Crippen LogP contribution is -2.17. The third-order valence-corrected chi connectivity index (χ3v) is 3.35. The van der Waals surface area contributed by atoms with Crippen molar-refractivity contribution in [3.05, 3.63) is 29.8 Å². The summed E-state index contributed by atoms with van der Waals surface area (Å²) >= 11 is 1.42. The summed E-state index contributed by atoms with van der Waals surface area (Å²) in [6, 6.07) is 3.70. The molecule has 0 fully saturated rings. The standard InChI is InChI=1S/C11H15F2NS/c1-8(6-14-2)7-15-11-4-3-9(12)5-10(11)13/h3-5,8,14H,6-7H2,1-2H3. The van der Waals surface area contributed by atoms with Crippen LogP contribution >= 0.6 is 11.8 Å². The van der Waals surface area contributed by atoms with Crippen LogP contribution < -0.4 is 5.32 Å². The maximum absolute atomic E-state index is 13.2. The molecular weight excluding hydrogens is 216 g/mol. The molecule has 1 aromatic rings. The van der Waals surface area contributed by atoms with E-state index in [2.05, 4.69) is 12.2 Å². The molecule has 0 amide bonds. The Labute approximate surface area is 93.3 Å². The van der Waals surface area contributed by atoms with Gasteiger partial charge in [-0.2, -0.15) is 0 Å². The summed E-state index contributed by atoms with van der Waals surface area (Å²) in [6.07, 6.45) is 0. The normalized spacial score (nSPS) is 12.8. The molecule has 0 aliphatic heterocycles. The molecule has 0 aromatic heterocycles. The van der Waals surface area contributed by atoms with Gasteiger partial charge in [0.05, 0.1) is 0 Å². The molecule has 0 aliphatic rings. The van der Waals surface area contributed by atoms with E-state index in [-0.39, 0.29) is 0 Å². The third kappa shape index (κ3) is 4.18. The van der Waals surface area contributed by atoms with E-state index in [0.29, 0.717) is 10.8 Å². The molecule has 0 aliphatic carbocycles. The molecule has 1 atom stereocenters. The minimum Gasteiger partial charge on any atom is -0.319 e. The number of halogens is 2. The van der Waals surface area contributed by atoms with E-state index in [1.165, 1.54) is 23.9 Å². The zero-order valence-corrected chi connectivity index (χ0v) is 9.70. The van der Waals surface area contributed by atoms with Crippen molar-refractivity contribution in [3.8, 4) is 0 Å². The van der Waals surface area contributed by atoms with E-state index in [9.17, 15) is 8.78 Å². The van der Waals surface area contributed by atoms with Crippen LogP contribution in [0.25, 0.3) is 0 Å². The Kier molecular flexibility index (Phi) is 5.05. The quantitative estimate of drug-likeness (QED) is 0.782. The maximum atomic E-state index is 13.2. The van der Waals surface area contributed by atoms with Gasteiger partial charge in [0.2, 0.25) is 0 Å². The van der Waals surface area contributed by atoms with Crippen molar-refractivity contribution >= 4 is 11.8 Å².